The molecule has 0 aliphatic carbocycles. The van der Waals surface area contributed by atoms with Gasteiger partial charge in [-0.1, -0.05) is 37.3 Å². The third-order valence-electron chi connectivity index (χ3n) is 4.12. The summed E-state index contributed by atoms with van der Waals surface area (Å²) < 4.78 is 1.98. The highest BCUT2D eigenvalue weighted by molar-refractivity contribution is 7.09. The first kappa shape index (κ1) is 19.0. The molecular weight excluding hydrogens is 360 g/mol. The van der Waals surface area contributed by atoms with Gasteiger partial charge in [0.15, 0.2) is 5.82 Å². The lowest BCUT2D eigenvalue weighted by Gasteiger charge is -2.17. The summed E-state index contributed by atoms with van der Waals surface area (Å²) in [5, 5.41) is 14.0. The number of benzene rings is 1. The van der Waals surface area contributed by atoms with Crippen molar-refractivity contribution in [3.05, 3.63) is 52.9 Å². The first-order valence-corrected chi connectivity index (χ1v) is 9.90. The van der Waals surface area contributed by atoms with Crippen molar-refractivity contribution in [3.63, 3.8) is 0 Å². The number of aryl methyl sites for hydroxylation is 1. The van der Waals surface area contributed by atoms with Crippen LogP contribution in [0.4, 0.5) is 4.79 Å². The van der Waals surface area contributed by atoms with Crippen molar-refractivity contribution in [1.29, 1.82) is 0 Å². The van der Waals surface area contributed by atoms with Crippen molar-refractivity contribution >= 4 is 17.4 Å². The summed E-state index contributed by atoms with van der Waals surface area (Å²) in [6.45, 7) is 3.93. The lowest BCUT2D eigenvalue weighted by Crippen LogP contribution is -2.38. The number of carbonyl (C=O) groups excluding carboxylic acids is 1. The van der Waals surface area contributed by atoms with E-state index in [2.05, 4.69) is 32.8 Å². The number of carbonyl (C=O) groups is 1. The Morgan fingerprint density at radius 1 is 1.30 bits per heavy atom. The van der Waals surface area contributed by atoms with Gasteiger partial charge in [0.05, 0.1) is 17.2 Å². The number of urea groups is 1. The summed E-state index contributed by atoms with van der Waals surface area (Å²) in [7, 11) is 1.76. The van der Waals surface area contributed by atoms with Gasteiger partial charge in [-0.05, 0) is 6.42 Å². The van der Waals surface area contributed by atoms with Gasteiger partial charge in [0.25, 0.3) is 0 Å². The fourth-order valence-corrected chi connectivity index (χ4v) is 3.50. The van der Waals surface area contributed by atoms with Gasteiger partial charge >= 0.3 is 6.03 Å². The molecule has 0 atom stereocenters. The van der Waals surface area contributed by atoms with E-state index in [9.17, 15) is 4.79 Å². The number of thiazole rings is 1. The number of nitrogens with zero attached hydrogens (tertiary/aromatic N) is 5. The van der Waals surface area contributed by atoms with E-state index < -0.39 is 0 Å². The zero-order chi connectivity index (χ0) is 19.1. The van der Waals surface area contributed by atoms with Crippen LogP contribution in [0.5, 0.6) is 0 Å². The lowest BCUT2D eigenvalue weighted by molar-refractivity contribution is 0.205. The number of hydrogen-bond donors (Lipinski definition) is 1. The second-order valence-electron chi connectivity index (χ2n) is 6.27. The highest BCUT2D eigenvalue weighted by atomic mass is 32.1. The van der Waals surface area contributed by atoms with Crippen LogP contribution in [-0.2, 0) is 19.5 Å². The zero-order valence-electron chi connectivity index (χ0n) is 15.6. The molecule has 1 N–H and O–H groups in total. The van der Waals surface area contributed by atoms with Crippen LogP contribution in [0.3, 0.4) is 0 Å². The van der Waals surface area contributed by atoms with E-state index in [0.29, 0.717) is 19.5 Å². The first-order valence-electron chi connectivity index (χ1n) is 9.03. The van der Waals surface area contributed by atoms with E-state index in [1.165, 1.54) is 0 Å². The maximum absolute atomic E-state index is 12.3. The quantitative estimate of drug-likeness (QED) is 0.647. The predicted octanol–water partition coefficient (Wildman–Crippen LogP) is 3.20. The molecule has 8 heteroatoms. The molecule has 0 aliphatic heterocycles. The minimum Gasteiger partial charge on any atom is -0.338 e. The van der Waals surface area contributed by atoms with E-state index in [4.69, 9.17) is 0 Å². The SMILES string of the molecule is CCCn1cnnc1CN(C)C(=O)NCCc1nc(-c2ccccc2)cs1. The third-order valence-corrected chi connectivity index (χ3v) is 5.03. The maximum atomic E-state index is 12.3. The Morgan fingerprint density at radius 2 is 2.11 bits per heavy atom. The summed E-state index contributed by atoms with van der Waals surface area (Å²) in [5.41, 5.74) is 2.09. The maximum Gasteiger partial charge on any atom is 0.317 e. The molecule has 0 aliphatic rings. The molecule has 3 rings (SSSR count). The monoisotopic (exact) mass is 384 g/mol. The Labute approximate surface area is 163 Å². The predicted molar refractivity (Wildman–Crippen MR) is 106 cm³/mol. The molecule has 0 bridgehead atoms. The number of amides is 2. The van der Waals surface area contributed by atoms with E-state index in [0.717, 1.165) is 35.1 Å². The van der Waals surface area contributed by atoms with Gasteiger partial charge in [0.2, 0.25) is 0 Å². The average Bonchev–Trinajstić information content (AvgIpc) is 3.33. The van der Waals surface area contributed by atoms with Crippen molar-refractivity contribution in [2.75, 3.05) is 13.6 Å². The molecule has 2 amide bonds. The van der Waals surface area contributed by atoms with Crippen molar-refractivity contribution < 1.29 is 4.79 Å². The molecule has 1 aromatic carbocycles. The van der Waals surface area contributed by atoms with E-state index in [1.54, 1.807) is 29.6 Å². The van der Waals surface area contributed by atoms with Gasteiger partial charge in [0, 0.05) is 37.5 Å². The Hall–Kier alpha value is -2.74. The molecule has 2 aromatic heterocycles. The number of hydrogen-bond acceptors (Lipinski definition) is 5. The smallest absolute Gasteiger partial charge is 0.317 e. The van der Waals surface area contributed by atoms with Crippen LogP contribution in [0, 0.1) is 0 Å². The molecule has 0 radical (unpaired) electrons. The molecular formula is C19H24N6OS. The Bertz CT molecular complexity index is 860. The van der Waals surface area contributed by atoms with Crippen LogP contribution in [0.15, 0.2) is 42.0 Å². The number of nitrogens with one attached hydrogen (secondary N) is 1. The normalized spacial score (nSPS) is 10.7. The second kappa shape index (κ2) is 9.27. The highest BCUT2D eigenvalue weighted by Gasteiger charge is 2.13. The lowest BCUT2D eigenvalue weighted by atomic mass is 10.2. The van der Waals surface area contributed by atoms with E-state index in [1.807, 2.05) is 34.9 Å². The Morgan fingerprint density at radius 3 is 2.89 bits per heavy atom. The topological polar surface area (TPSA) is 75.9 Å². The van der Waals surface area contributed by atoms with Crippen LogP contribution in [0.2, 0.25) is 0 Å². The summed E-state index contributed by atoms with van der Waals surface area (Å²) in [6.07, 6.45) is 3.42. The molecule has 0 saturated heterocycles. The summed E-state index contributed by atoms with van der Waals surface area (Å²) in [6, 6.07) is 9.98. The molecule has 7 nitrogen and oxygen atoms in total. The van der Waals surface area contributed by atoms with E-state index in [-0.39, 0.29) is 6.03 Å². The van der Waals surface area contributed by atoms with Crippen LogP contribution in [-0.4, -0.2) is 44.3 Å². The summed E-state index contributed by atoms with van der Waals surface area (Å²) in [5.74, 6) is 0.793. The first-order chi connectivity index (χ1) is 13.2. The van der Waals surface area contributed by atoms with Gasteiger partial charge in [-0.25, -0.2) is 9.78 Å². The molecule has 0 saturated carbocycles. The number of aromatic nitrogens is 4. The zero-order valence-corrected chi connectivity index (χ0v) is 16.4. The van der Waals surface area contributed by atoms with Gasteiger partial charge in [-0.15, -0.1) is 21.5 Å². The largest absolute Gasteiger partial charge is 0.338 e. The van der Waals surface area contributed by atoms with Crippen molar-refractivity contribution in [2.24, 2.45) is 0 Å². The average molecular weight is 385 g/mol. The van der Waals surface area contributed by atoms with Crippen molar-refractivity contribution in [3.8, 4) is 11.3 Å². The molecule has 27 heavy (non-hydrogen) atoms. The van der Waals surface area contributed by atoms with Crippen LogP contribution < -0.4 is 5.32 Å². The minimum absolute atomic E-state index is 0.124. The van der Waals surface area contributed by atoms with Crippen LogP contribution in [0.1, 0.15) is 24.2 Å². The highest BCUT2D eigenvalue weighted by Crippen LogP contribution is 2.21. The van der Waals surface area contributed by atoms with E-state index >= 15 is 0 Å². The molecule has 0 fully saturated rings. The van der Waals surface area contributed by atoms with Gasteiger partial charge < -0.3 is 14.8 Å². The molecule has 2 heterocycles. The molecule has 142 valence electrons. The molecule has 0 spiro atoms. The third kappa shape index (κ3) is 5.13. The van der Waals surface area contributed by atoms with Gasteiger partial charge in [-0.2, -0.15) is 0 Å². The molecule has 3 aromatic rings. The minimum atomic E-state index is -0.124. The Balaban J connectivity index is 1.46. The summed E-state index contributed by atoms with van der Waals surface area (Å²) >= 11 is 1.62. The fourth-order valence-electron chi connectivity index (χ4n) is 2.69. The summed E-state index contributed by atoms with van der Waals surface area (Å²) in [4.78, 5) is 18.6. The van der Waals surface area contributed by atoms with Gasteiger partial charge in [-0.3, -0.25) is 0 Å². The fraction of sp³-hybridized carbons (Fsp3) is 0.368. The van der Waals surface area contributed by atoms with Crippen molar-refractivity contribution in [1.82, 2.24) is 30.0 Å². The number of rotatable bonds is 8. The molecule has 0 unspecified atom stereocenters. The van der Waals surface area contributed by atoms with Crippen LogP contribution >= 0.6 is 11.3 Å². The van der Waals surface area contributed by atoms with Crippen LogP contribution in [0.25, 0.3) is 11.3 Å². The van der Waals surface area contributed by atoms with Crippen molar-refractivity contribution in [2.45, 2.75) is 32.9 Å². The van der Waals surface area contributed by atoms with Gasteiger partial charge in [0.1, 0.15) is 6.33 Å². The second-order valence-corrected chi connectivity index (χ2v) is 7.21. The Kier molecular flexibility index (Phi) is 6.54. The standard InChI is InChI=1S/C19H24N6OS/c1-3-11-25-14-21-23-17(25)12-24(2)19(26)20-10-9-18-22-16(13-27-18)15-7-5-4-6-8-15/h4-8,13-14H,3,9-12H2,1-2H3,(H,20,26).